The predicted octanol–water partition coefficient (Wildman–Crippen LogP) is 3.86. The standard InChI is InChI=1S/C18H21NO/c19-13-16-7-4-8-18(16)20-17-11-9-15(10-12-17)14-5-2-1-3-6-14/h1-3,5-6,9-12,16,18H,4,7-8,13,19H2. The third-order valence-electron chi connectivity index (χ3n) is 4.14. The van der Waals surface area contributed by atoms with Crippen molar-refractivity contribution in [1.29, 1.82) is 0 Å². The summed E-state index contributed by atoms with van der Waals surface area (Å²) in [5.41, 5.74) is 8.26. The van der Waals surface area contributed by atoms with Crippen molar-refractivity contribution in [3.05, 3.63) is 54.6 Å². The van der Waals surface area contributed by atoms with E-state index in [2.05, 4.69) is 48.5 Å². The molecule has 0 amide bonds. The van der Waals surface area contributed by atoms with Gasteiger partial charge in [-0.3, -0.25) is 0 Å². The van der Waals surface area contributed by atoms with Crippen LogP contribution in [0.15, 0.2) is 54.6 Å². The van der Waals surface area contributed by atoms with Crippen LogP contribution in [0.1, 0.15) is 19.3 Å². The summed E-state index contributed by atoms with van der Waals surface area (Å²) >= 11 is 0. The van der Waals surface area contributed by atoms with Gasteiger partial charge in [0.2, 0.25) is 0 Å². The Balaban J connectivity index is 1.70. The van der Waals surface area contributed by atoms with E-state index in [0.29, 0.717) is 12.0 Å². The highest BCUT2D eigenvalue weighted by Gasteiger charge is 2.27. The number of ether oxygens (including phenoxy) is 1. The fourth-order valence-electron chi connectivity index (χ4n) is 2.96. The van der Waals surface area contributed by atoms with Gasteiger partial charge in [-0.25, -0.2) is 0 Å². The molecule has 1 saturated carbocycles. The van der Waals surface area contributed by atoms with Gasteiger partial charge in [-0.1, -0.05) is 42.5 Å². The summed E-state index contributed by atoms with van der Waals surface area (Å²) < 4.78 is 6.09. The molecule has 2 N–H and O–H groups in total. The van der Waals surface area contributed by atoms with Gasteiger partial charge in [-0.2, -0.15) is 0 Å². The highest BCUT2D eigenvalue weighted by atomic mass is 16.5. The average molecular weight is 267 g/mol. The lowest BCUT2D eigenvalue weighted by molar-refractivity contribution is 0.162. The van der Waals surface area contributed by atoms with Crippen LogP contribution < -0.4 is 10.5 Å². The fraction of sp³-hybridized carbons (Fsp3) is 0.333. The van der Waals surface area contributed by atoms with Crippen molar-refractivity contribution in [2.75, 3.05) is 6.54 Å². The Morgan fingerprint density at radius 2 is 1.60 bits per heavy atom. The highest BCUT2D eigenvalue weighted by molar-refractivity contribution is 5.63. The van der Waals surface area contributed by atoms with Gasteiger partial charge in [-0.15, -0.1) is 0 Å². The summed E-state index contributed by atoms with van der Waals surface area (Å²) in [4.78, 5) is 0. The zero-order valence-electron chi connectivity index (χ0n) is 11.7. The monoisotopic (exact) mass is 267 g/mol. The van der Waals surface area contributed by atoms with Crippen molar-refractivity contribution < 1.29 is 4.74 Å². The van der Waals surface area contributed by atoms with Crippen molar-refractivity contribution >= 4 is 0 Å². The third-order valence-corrected chi connectivity index (χ3v) is 4.14. The fourth-order valence-corrected chi connectivity index (χ4v) is 2.96. The number of nitrogens with two attached hydrogens (primary N) is 1. The van der Waals surface area contributed by atoms with Crippen molar-refractivity contribution in [3.8, 4) is 16.9 Å². The van der Waals surface area contributed by atoms with Crippen LogP contribution in [-0.4, -0.2) is 12.6 Å². The van der Waals surface area contributed by atoms with Crippen LogP contribution in [-0.2, 0) is 0 Å². The first-order chi connectivity index (χ1) is 9.86. The van der Waals surface area contributed by atoms with Gasteiger partial charge < -0.3 is 10.5 Å². The zero-order valence-corrected chi connectivity index (χ0v) is 11.7. The Morgan fingerprint density at radius 1 is 0.900 bits per heavy atom. The maximum Gasteiger partial charge on any atom is 0.119 e. The van der Waals surface area contributed by atoms with Crippen molar-refractivity contribution in [3.63, 3.8) is 0 Å². The van der Waals surface area contributed by atoms with Gasteiger partial charge in [0.1, 0.15) is 11.9 Å². The molecule has 2 heteroatoms. The number of rotatable bonds is 4. The number of hydrogen-bond donors (Lipinski definition) is 1. The first kappa shape index (κ1) is 13.2. The second kappa shape index (κ2) is 6.10. The summed E-state index contributed by atoms with van der Waals surface area (Å²) in [5.74, 6) is 1.47. The molecule has 20 heavy (non-hydrogen) atoms. The van der Waals surface area contributed by atoms with Gasteiger partial charge in [0, 0.05) is 5.92 Å². The maximum atomic E-state index is 6.09. The highest BCUT2D eigenvalue weighted by Crippen LogP contribution is 2.30. The molecule has 1 aliphatic carbocycles. The Morgan fingerprint density at radius 3 is 2.30 bits per heavy atom. The molecule has 2 aromatic rings. The summed E-state index contributed by atoms with van der Waals surface area (Å²) in [7, 11) is 0. The molecule has 2 unspecified atom stereocenters. The van der Waals surface area contributed by atoms with E-state index in [9.17, 15) is 0 Å². The Kier molecular flexibility index (Phi) is 4.03. The molecule has 2 nitrogen and oxygen atoms in total. The average Bonchev–Trinajstić information content (AvgIpc) is 2.96. The van der Waals surface area contributed by atoms with Crippen molar-refractivity contribution in [2.24, 2.45) is 11.7 Å². The first-order valence-electron chi connectivity index (χ1n) is 7.39. The smallest absolute Gasteiger partial charge is 0.119 e. The normalized spacial score (nSPS) is 21.9. The van der Waals surface area contributed by atoms with Gasteiger partial charge >= 0.3 is 0 Å². The van der Waals surface area contributed by atoms with Crippen LogP contribution in [0, 0.1) is 5.92 Å². The molecule has 2 atom stereocenters. The number of hydrogen-bond acceptors (Lipinski definition) is 2. The third kappa shape index (κ3) is 2.86. The van der Waals surface area contributed by atoms with Crippen LogP contribution >= 0.6 is 0 Å². The van der Waals surface area contributed by atoms with Gasteiger partial charge in [0.05, 0.1) is 0 Å². The molecule has 104 valence electrons. The molecule has 1 fully saturated rings. The topological polar surface area (TPSA) is 35.2 Å². The Labute approximate surface area is 120 Å². The second-order valence-electron chi connectivity index (χ2n) is 5.47. The molecular formula is C18H21NO. The number of benzene rings is 2. The largest absolute Gasteiger partial charge is 0.490 e. The van der Waals surface area contributed by atoms with E-state index in [4.69, 9.17) is 10.5 Å². The lowest BCUT2D eigenvalue weighted by atomic mass is 10.1. The van der Waals surface area contributed by atoms with Gasteiger partial charge in [0.15, 0.2) is 0 Å². The van der Waals surface area contributed by atoms with Crippen molar-refractivity contribution in [2.45, 2.75) is 25.4 Å². The molecule has 0 spiro atoms. The molecule has 3 rings (SSSR count). The second-order valence-corrected chi connectivity index (χ2v) is 5.47. The summed E-state index contributed by atoms with van der Waals surface area (Å²) in [6.07, 6.45) is 3.85. The first-order valence-corrected chi connectivity index (χ1v) is 7.39. The summed E-state index contributed by atoms with van der Waals surface area (Å²) in [6.45, 7) is 0.729. The minimum absolute atomic E-state index is 0.294. The van der Waals surface area contributed by atoms with Gasteiger partial charge in [0.25, 0.3) is 0 Å². The van der Waals surface area contributed by atoms with E-state index in [0.717, 1.165) is 18.7 Å². The van der Waals surface area contributed by atoms with E-state index < -0.39 is 0 Å². The molecule has 0 saturated heterocycles. The molecule has 1 aliphatic rings. The molecule has 2 aromatic carbocycles. The van der Waals surface area contributed by atoms with E-state index in [-0.39, 0.29) is 0 Å². The van der Waals surface area contributed by atoms with Crippen LogP contribution in [0.2, 0.25) is 0 Å². The van der Waals surface area contributed by atoms with Crippen molar-refractivity contribution in [1.82, 2.24) is 0 Å². The molecule has 0 radical (unpaired) electrons. The van der Waals surface area contributed by atoms with E-state index in [1.54, 1.807) is 0 Å². The Bertz CT molecular complexity index is 535. The SMILES string of the molecule is NCC1CCCC1Oc1ccc(-c2ccccc2)cc1. The van der Waals surface area contributed by atoms with Crippen LogP contribution in [0.25, 0.3) is 11.1 Å². The van der Waals surface area contributed by atoms with Crippen LogP contribution in [0.4, 0.5) is 0 Å². The molecular weight excluding hydrogens is 246 g/mol. The molecule has 0 aromatic heterocycles. The Hall–Kier alpha value is -1.80. The zero-order chi connectivity index (χ0) is 13.8. The van der Waals surface area contributed by atoms with Gasteiger partial charge in [-0.05, 0) is 49.1 Å². The van der Waals surface area contributed by atoms with Crippen LogP contribution in [0.5, 0.6) is 5.75 Å². The van der Waals surface area contributed by atoms with E-state index >= 15 is 0 Å². The minimum Gasteiger partial charge on any atom is -0.490 e. The lowest BCUT2D eigenvalue weighted by Gasteiger charge is -2.20. The molecule has 0 aliphatic heterocycles. The summed E-state index contributed by atoms with van der Waals surface area (Å²) in [6, 6.07) is 18.8. The van der Waals surface area contributed by atoms with E-state index in [1.807, 2.05) is 6.07 Å². The molecule has 0 bridgehead atoms. The predicted molar refractivity (Wildman–Crippen MR) is 82.7 cm³/mol. The quantitative estimate of drug-likeness (QED) is 0.913. The lowest BCUT2D eigenvalue weighted by Crippen LogP contribution is -2.27. The summed E-state index contributed by atoms with van der Waals surface area (Å²) in [5, 5.41) is 0. The van der Waals surface area contributed by atoms with Crippen LogP contribution in [0.3, 0.4) is 0 Å². The molecule has 0 heterocycles. The minimum atomic E-state index is 0.294. The maximum absolute atomic E-state index is 6.09. The van der Waals surface area contributed by atoms with E-state index in [1.165, 1.54) is 24.0 Å².